The van der Waals surface area contributed by atoms with E-state index in [1.54, 1.807) is 30.7 Å². The third-order valence-electron chi connectivity index (χ3n) is 2.91. The van der Waals surface area contributed by atoms with E-state index in [9.17, 15) is 4.79 Å². The number of nitrogens with one attached hydrogen (secondary N) is 1. The topological polar surface area (TPSA) is 82.2 Å². The number of carbonyl (C=O) groups is 1. The van der Waals surface area contributed by atoms with Gasteiger partial charge in [-0.1, -0.05) is 0 Å². The molecular weight excluding hydrogens is 256 g/mol. The lowest BCUT2D eigenvalue weighted by Gasteiger charge is -2.10. The van der Waals surface area contributed by atoms with Crippen molar-refractivity contribution in [1.82, 2.24) is 14.9 Å². The molecule has 0 spiro atoms. The molecule has 20 heavy (non-hydrogen) atoms. The molecule has 106 valence electrons. The summed E-state index contributed by atoms with van der Waals surface area (Å²) >= 11 is 0. The van der Waals surface area contributed by atoms with E-state index in [4.69, 9.17) is 10.5 Å². The van der Waals surface area contributed by atoms with E-state index in [0.29, 0.717) is 23.5 Å². The molecule has 0 unspecified atom stereocenters. The third kappa shape index (κ3) is 3.50. The van der Waals surface area contributed by atoms with Gasteiger partial charge in [0.15, 0.2) is 0 Å². The highest BCUT2D eigenvalue weighted by Crippen LogP contribution is 2.21. The van der Waals surface area contributed by atoms with Crippen molar-refractivity contribution in [2.45, 2.75) is 13.0 Å². The molecule has 2 aromatic rings. The van der Waals surface area contributed by atoms with Crippen LogP contribution in [0.5, 0.6) is 5.75 Å². The number of carbonyl (C=O) groups excluding carboxylic acids is 1. The number of nitrogens with zero attached hydrogens (tertiary/aromatic N) is 2. The van der Waals surface area contributed by atoms with Crippen LogP contribution in [0, 0.1) is 0 Å². The first-order valence-corrected chi connectivity index (χ1v) is 6.38. The quantitative estimate of drug-likeness (QED) is 0.614. The maximum atomic E-state index is 12.0. The number of rotatable bonds is 6. The zero-order valence-electron chi connectivity index (χ0n) is 11.4. The molecule has 1 aromatic heterocycles. The summed E-state index contributed by atoms with van der Waals surface area (Å²) in [7, 11) is 1.52. The van der Waals surface area contributed by atoms with Crippen molar-refractivity contribution in [2.24, 2.45) is 0 Å². The predicted molar refractivity (Wildman–Crippen MR) is 76.6 cm³/mol. The SMILES string of the molecule is COc1cc(N)ccc1C(=O)NCCCn1ccnc1. The van der Waals surface area contributed by atoms with Gasteiger partial charge in [-0.15, -0.1) is 0 Å². The van der Waals surface area contributed by atoms with Crippen LogP contribution in [0.2, 0.25) is 0 Å². The summed E-state index contributed by atoms with van der Waals surface area (Å²) in [4.78, 5) is 16.0. The zero-order valence-corrected chi connectivity index (χ0v) is 11.4. The first kappa shape index (κ1) is 13.9. The van der Waals surface area contributed by atoms with Gasteiger partial charge >= 0.3 is 0 Å². The number of hydrogen-bond acceptors (Lipinski definition) is 4. The second-order valence-corrected chi connectivity index (χ2v) is 4.37. The van der Waals surface area contributed by atoms with E-state index in [1.165, 1.54) is 7.11 Å². The molecule has 0 atom stereocenters. The average Bonchev–Trinajstić information content (AvgIpc) is 2.96. The molecule has 0 saturated heterocycles. The van der Waals surface area contributed by atoms with Gasteiger partial charge in [0.25, 0.3) is 5.91 Å². The van der Waals surface area contributed by atoms with Crippen LogP contribution in [0.1, 0.15) is 16.8 Å². The molecule has 0 radical (unpaired) electrons. The summed E-state index contributed by atoms with van der Waals surface area (Å²) in [6, 6.07) is 4.99. The highest BCUT2D eigenvalue weighted by Gasteiger charge is 2.11. The summed E-state index contributed by atoms with van der Waals surface area (Å²) in [5, 5.41) is 2.86. The van der Waals surface area contributed by atoms with Crippen molar-refractivity contribution in [3.05, 3.63) is 42.5 Å². The normalized spacial score (nSPS) is 10.2. The van der Waals surface area contributed by atoms with Gasteiger partial charge in [0.05, 0.1) is 19.0 Å². The zero-order chi connectivity index (χ0) is 14.4. The molecule has 0 saturated carbocycles. The Morgan fingerprint density at radius 3 is 3.05 bits per heavy atom. The Kier molecular flexibility index (Phi) is 4.60. The minimum atomic E-state index is -0.160. The minimum absolute atomic E-state index is 0.160. The van der Waals surface area contributed by atoms with Gasteiger partial charge in [0.1, 0.15) is 5.75 Å². The van der Waals surface area contributed by atoms with E-state index in [-0.39, 0.29) is 5.91 Å². The van der Waals surface area contributed by atoms with E-state index in [1.807, 2.05) is 10.8 Å². The molecule has 2 rings (SSSR count). The Hall–Kier alpha value is -2.50. The highest BCUT2D eigenvalue weighted by molar-refractivity contribution is 5.97. The Labute approximate surface area is 117 Å². The maximum absolute atomic E-state index is 12.0. The third-order valence-corrected chi connectivity index (χ3v) is 2.91. The van der Waals surface area contributed by atoms with Crippen molar-refractivity contribution >= 4 is 11.6 Å². The number of anilines is 1. The van der Waals surface area contributed by atoms with Crippen LogP contribution in [0.15, 0.2) is 36.9 Å². The number of ether oxygens (including phenoxy) is 1. The highest BCUT2D eigenvalue weighted by atomic mass is 16.5. The molecule has 0 bridgehead atoms. The molecule has 1 aromatic carbocycles. The molecule has 0 aliphatic rings. The largest absolute Gasteiger partial charge is 0.496 e. The Morgan fingerprint density at radius 1 is 1.50 bits per heavy atom. The Bertz CT molecular complexity index is 567. The second kappa shape index (κ2) is 6.60. The van der Waals surface area contributed by atoms with Crippen molar-refractivity contribution in [3.63, 3.8) is 0 Å². The number of imidazole rings is 1. The number of aromatic nitrogens is 2. The van der Waals surface area contributed by atoms with Crippen LogP contribution in [0.4, 0.5) is 5.69 Å². The maximum Gasteiger partial charge on any atom is 0.255 e. The van der Waals surface area contributed by atoms with Gasteiger partial charge in [0.2, 0.25) is 0 Å². The molecule has 3 N–H and O–H groups in total. The van der Waals surface area contributed by atoms with Gasteiger partial charge in [-0.3, -0.25) is 4.79 Å². The molecule has 1 heterocycles. The van der Waals surface area contributed by atoms with Crippen LogP contribution in [0.25, 0.3) is 0 Å². The number of benzene rings is 1. The molecule has 0 fully saturated rings. The molecule has 6 heteroatoms. The first-order valence-electron chi connectivity index (χ1n) is 6.38. The number of aryl methyl sites for hydroxylation is 1. The number of nitrogens with two attached hydrogens (primary N) is 1. The summed E-state index contributed by atoms with van der Waals surface area (Å²) < 4.78 is 7.13. The number of amides is 1. The lowest BCUT2D eigenvalue weighted by atomic mass is 10.1. The van der Waals surface area contributed by atoms with Crippen LogP contribution < -0.4 is 15.8 Å². The predicted octanol–water partition coefficient (Wildman–Crippen LogP) is 1.29. The van der Waals surface area contributed by atoms with Gasteiger partial charge in [-0.2, -0.15) is 0 Å². The summed E-state index contributed by atoms with van der Waals surface area (Å²) in [6.07, 6.45) is 6.22. The van der Waals surface area contributed by atoms with Crippen LogP contribution in [-0.4, -0.2) is 29.1 Å². The summed E-state index contributed by atoms with van der Waals surface area (Å²) in [5.41, 5.74) is 6.72. The fourth-order valence-corrected chi connectivity index (χ4v) is 1.87. The second-order valence-electron chi connectivity index (χ2n) is 4.37. The summed E-state index contributed by atoms with van der Waals surface area (Å²) in [5.74, 6) is 0.324. The van der Waals surface area contributed by atoms with E-state index >= 15 is 0 Å². The van der Waals surface area contributed by atoms with Gasteiger partial charge < -0.3 is 20.4 Å². The monoisotopic (exact) mass is 274 g/mol. The van der Waals surface area contributed by atoms with E-state index < -0.39 is 0 Å². The van der Waals surface area contributed by atoms with Crippen LogP contribution in [-0.2, 0) is 6.54 Å². The molecule has 1 amide bonds. The summed E-state index contributed by atoms with van der Waals surface area (Å²) in [6.45, 7) is 1.41. The molecular formula is C14H18N4O2. The lowest BCUT2D eigenvalue weighted by molar-refractivity contribution is 0.0950. The number of nitrogen functional groups attached to an aromatic ring is 1. The fraction of sp³-hybridized carbons (Fsp3) is 0.286. The molecule has 6 nitrogen and oxygen atoms in total. The smallest absolute Gasteiger partial charge is 0.255 e. The van der Waals surface area contributed by atoms with Crippen molar-refractivity contribution in [1.29, 1.82) is 0 Å². The molecule has 0 aliphatic heterocycles. The minimum Gasteiger partial charge on any atom is -0.496 e. The van der Waals surface area contributed by atoms with Crippen LogP contribution in [0.3, 0.4) is 0 Å². The van der Waals surface area contributed by atoms with Gasteiger partial charge in [0, 0.05) is 37.2 Å². The number of methoxy groups -OCH3 is 1. The molecule has 0 aliphatic carbocycles. The average molecular weight is 274 g/mol. The van der Waals surface area contributed by atoms with Crippen LogP contribution >= 0.6 is 0 Å². The van der Waals surface area contributed by atoms with Crippen molar-refractivity contribution < 1.29 is 9.53 Å². The standard InChI is InChI=1S/C14H18N4O2/c1-20-13-9-11(15)3-4-12(13)14(19)17-5-2-7-18-8-6-16-10-18/h3-4,6,8-10H,2,5,7,15H2,1H3,(H,17,19). The Balaban J connectivity index is 1.85. The van der Waals surface area contributed by atoms with E-state index in [2.05, 4.69) is 10.3 Å². The van der Waals surface area contributed by atoms with Gasteiger partial charge in [-0.05, 0) is 18.6 Å². The fourth-order valence-electron chi connectivity index (χ4n) is 1.87. The van der Waals surface area contributed by atoms with Crippen molar-refractivity contribution in [2.75, 3.05) is 19.4 Å². The Morgan fingerprint density at radius 2 is 2.35 bits per heavy atom. The first-order chi connectivity index (χ1) is 9.70. The van der Waals surface area contributed by atoms with Crippen molar-refractivity contribution in [3.8, 4) is 5.75 Å². The lowest BCUT2D eigenvalue weighted by Crippen LogP contribution is -2.25. The van der Waals surface area contributed by atoms with Gasteiger partial charge in [-0.25, -0.2) is 4.98 Å². The van der Waals surface area contributed by atoms with E-state index in [0.717, 1.165) is 13.0 Å². The number of hydrogen-bond donors (Lipinski definition) is 2.